The van der Waals surface area contributed by atoms with Crippen LogP contribution in [0.4, 0.5) is 0 Å². The molecule has 0 aromatic heterocycles. The van der Waals surface area contributed by atoms with Crippen LogP contribution in [0.15, 0.2) is 30.3 Å². The highest BCUT2D eigenvalue weighted by Gasteiger charge is 1.96. The van der Waals surface area contributed by atoms with Crippen LogP contribution in [0.25, 0.3) is 6.08 Å². The highest BCUT2D eigenvalue weighted by molar-refractivity contribution is 5.87. The molecule has 0 amide bonds. The van der Waals surface area contributed by atoms with Gasteiger partial charge in [-0.3, -0.25) is 0 Å². The van der Waals surface area contributed by atoms with Crippen molar-refractivity contribution in [3.63, 3.8) is 0 Å². The van der Waals surface area contributed by atoms with Crippen molar-refractivity contribution in [2.75, 3.05) is 19.8 Å². The van der Waals surface area contributed by atoms with E-state index >= 15 is 0 Å². The molecule has 0 atom stereocenters. The van der Waals surface area contributed by atoms with Gasteiger partial charge in [0.15, 0.2) is 0 Å². The van der Waals surface area contributed by atoms with E-state index in [-0.39, 0.29) is 13.2 Å². The SMILES string of the molecule is CCCCOc1ccc(/C=C/C(=O)OCCO)cc1. The smallest absolute Gasteiger partial charge is 0.330 e. The minimum absolute atomic E-state index is 0.0212. The van der Waals surface area contributed by atoms with Crippen LogP contribution in [0, 0.1) is 0 Å². The Balaban J connectivity index is 2.43. The van der Waals surface area contributed by atoms with Gasteiger partial charge in [0.25, 0.3) is 0 Å². The first-order chi connectivity index (χ1) is 9.26. The van der Waals surface area contributed by atoms with Crippen LogP contribution in [-0.4, -0.2) is 30.9 Å². The van der Waals surface area contributed by atoms with Crippen molar-refractivity contribution < 1.29 is 19.4 Å². The summed E-state index contributed by atoms with van der Waals surface area (Å²) in [6.45, 7) is 2.70. The van der Waals surface area contributed by atoms with E-state index in [1.807, 2.05) is 24.3 Å². The van der Waals surface area contributed by atoms with E-state index < -0.39 is 5.97 Å². The minimum Gasteiger partial charge on any atom is -0.494 e. The lowest BCUT2D eigenvalue weighted by Crippen LogP contribution is -2.04. The van der Waals surface area contributed by atoms with Crippen LogP contribution in [0.2, 0.25) is 0 Å². The average Bonchev–Trinajstić information content (AvgIpc) is 2.44. The van der Waals surface area contributed by atoms with Gasteiger partial charge in [-0.1, -0.05) is 25.5 Å². The van der Waals surface area contributed by atoms with E-state index in [0.29, 0.717) is 0 Å². The second kappa shape index (κ2) is 9.16. The zero-order valence-electron chi connectivity index (χ0n) is 11.2. The average molecular weight is 264 g/mol. The normalized spacial score (nSPS) is 10.6. The molecule has 1 aromatic carbocycles. The van der Waals surface area contributed by atoms with Crippen molar-refractivity contribution in [3.05, 3.63) is 35.9 Å². The second-order valence-electron chi connectivity index (χ2n) is 4.00. The number of rotatable bonds is 8. The van der Waals surface area contributed by atoms with E-state index in [4.69, 9.17) is 14.6 Å². The van der Waals surface area contributed by atoms with Crippen molar-refractivity contribution >= 4 is 12.0 Å². The van der Waals surface area contributed by atoms with Gasteiger partial charge >= 0.3 is 5.97 Å². The third-order valence-corrected chi connectivity index (χ3v) is 2.39. The Bertz CT molecular complexity index is 395. The van der Waals surface area contributed by atoms with Crippen LogP contribution in [0.3, 0.4) is 0 Å². The van der Waals surface area contributed by atoms with Crippen molar-refractivity contribution in [2.45, 2.75) is 19.8 Å². The number of carbonyl (C=O) groups is 1. The molecule has 1 aromatic rings. The summed E-state index contributed by atoms with van der Waals surface area (Å²) in [6, 6.07) is 7.48. The highest BCUT2D eigenvalue weighted by Crippen LogP contribution is 2.13. The molecule has 0 bridgehead atoms. The summed E-state index contributed by atoms with van der Waals surface area (Å²) in [6.07, 6.45) is 5.15. The maximum Gasteiger partial charge on any atom is 0.330 e. The van der Waals surface area contributed by atoms with E-state index in [1.54, 1.807) is 6.08 Å². The van der Waals surface area contributed by atoms with Crippen molar-refractivity contribution in [1.82, 2.24) is 0 Å². The molecule has 0 heterocycles. The molecule has 0 radical (unpaired) electrons. The number of hydrogen-bond acceptors (Lipinski definition) is 4. The molecule has 19 heavy (non-hydrogen) atoms. The molecule has 0 saturated carbocycles. The molecule has 0 saturated heterocycles. The largest absolute Gasteiger partial charge is 0.494 e. The summed E-state index contributed by atoms with van der Waals surface area (Å²) < 4.78 is 10.2. The Morgan fingerprint density at radius 1 is 1.26 bits per heavy atom. The fraction of sp³-hybridized carbons (Fsp3) is 0.400. The lowest BCUT2D eigenvalue weighted by molar-refractivity contribution is -0.138. The van der Waals surface area contributed by atoms with E-state index in [9.17, 15) is 4.79 Å². The molecule has 104 valence electrons. The summed E-state index contributed by atoms with van der Waals surface area (Å²) in [7, 11) is 0. The van der Waals surface area contributed by atoms with E-state index in [2.05, 4.69) is 6.92 Å². The maximum absolute atomic E-state index is 11.2. The zero-order chi connectivity index (χ0) is 13.9. The number of benzene rings is 1. The first kappa shape index (κ1) is 15.2. The van der Waals surface area contributed by atoms with Gasteiger partial charge in [0.2, 0.25) is 0 Å². The third kappa shape index (κ3) is 6.62. The minimum atomic E-state index is -0.461. The van der Waals surface area contributed by atoms with Crippen LogP contribution in [-0.2, 0) is 9.53 Å². The number of hydrogen-bond donors (Lipinski definition) is 1. The molecule has 1 N–H and O–H groups in total. The highest BCUT2D eigenvalue weighted by atomic mass is 16.5. The number of esters is 1. The van der Waals surface area contributed by atoms with Crippen molar-refractivity contribution in [1.29, 1.82) is 0 Å². The predicted octanol–water partition coefficient (Wildman–Crippen LogP) is 2.41. The molecule has 0 spiro atoms. The van der Waals surface area contributed by atoms with Gasteiger partial charge in [-0.15, -0.1) is 0 Å². The van der Waals surface area contributed by atoms with Crippen molar-refractivity contribution in [2.24, 2.45) is 0 Å². The van der Waals surface area contributed by atoms with Gasteiger partial charge in [0.1, 0.15) is 12.4 Å². The number of aliphatic hydroxyl groups excluding tert-OH is 1. The van der Waals surface area contributed by atoms with Gasteiger partial charge in [-0.05, 0) is 30.2 Å². The van der Waals surface area contributed by atoms with Crippen LogP contribution in [0.1, 0.15) is 25.3 Å². The predicted molar refractivity (Wildman–Crippen MR) is 73.9 cm³/mol. The monoisotopic (exact) mass is 264 g/mol. The Kier molecular flexibility index (Phi) is 7.35. The van der Waals surface area contributed by atoms with E-state index in [1.165, 1.54) is 6.08 Å². The molecular formula is C15H20O4. The van der Waals surface area contributed by atoms with Gasteiger partial charge in [0, 0.05) is 6.08 Å². The van der Waals surface area contributed by atoms with Gasteiger partial charge in [-0.2, -0.15) is 0 Å². The zero-order valence-corrected chi connectivity index (χ0v) is 11.2. The summed E-state index contributed by atoms with van der Waals surface area (Å²) in [5.74, 6) is 0.366. The maximum atomic E-state index is 11.2. The first-order valence-corrected chi connectivity index (χ1v) is 6.45. The topological polar surface area (TPSA) is 55.8 Å². The quantitative estimate of drug-likeness (QED) is 0.445. The summed E-state index contributed by atoms with van der Waals surface area (Å²) >= 11 is 0. The molecule has 1 rings (SSSR count). The third-order valence-electron chi connectivity index (χ3n) is 2.39. The Morgan fingerprint density at radius 2 is 2.00 bits per heavy atom. The number of ether oxygens (including phenoxy) is 2. The molecule has 0 aliphatic carbocycles. The summed E-state index contributed by atoms with van der Waals surface area (Å²) in [5.41, 5.74) is 0.892. The Morgan fingerprint density at radius 3 is 2.63 bits per heavy atom. The fourth-order valence-electron chi connectivity index (χ4n) is 1.37. The van der Waals surface area contributed by atoms with Gasteiger partial charge in [0.05, 0.1) is 13.2 Å². The van der Waals surface area contributed by atoms with Crippen molar-refractivity contribution in [3.8, 4) is 5.75 Å². The fourth-order valence-corrected chi connectivity index (χ4v) is 1.37. The second-order valence-corrected chi connectivity index (χ2v) is 4.00. The standard InChI is InChI=1S/C15H20O4/c1-2-3-11-18-14-7-4-13(5-8-14)6-9-15(17)19-12-10-16/h4-9,16H,2-3,10-12H2,1H3/b9-6+. The van der Waals surface area contributed by atoms with Gasteiger partial charge < -0.3 is 14.6 Å². The molecular weight excluding hydrogens is 244 g/mol. The number of unbranched alkanes of at least 4 members (excludes halogenated alkanes) is 1. The summed E-state index contributed by atoms with van der Waals surface area (Å²) in [5, 5.41) is 8.50. The van der Waals surface area contributed by atoms with Crippen LogP contribution >= 0.6 is 0 Å². The Hall–Kier alpha value is -1.81. The lowest BCUT2D eigenvalue weighted by atomic mass is 10.2. The molecule has 0 unspecified atom stereocenters. The van der Waals surface area contributed by atoms with Crippen LogP contribution < -0.4 is 4.74 Å². The van der Waals surface area contributed by atoms with E-state index in [0.717, 1.165) is 30.8 Å². The summed E-state index contributed by atoms with van der Waals surface area (Å²) in [4.78, 5) is 11.2. The number of aliphatic hydroxyl groups is 1. The van der Waals surface area contributed by atoms with Crippen LogP contribution in [0.5, 0.6) is 5.75 Å². The van der Waals surface area contributed by atoms with Gasteiger partial charge in [-0.25, -0.2) is 4.79 Å². The first-order valence-electron chi connectivity index (χ1n) is 6.45. The lowest BCUT2D eigenvalue weighted by Gasteiger charge is -2.05. The molecule has 0 aliphatic heterocycles. The molecule has 4 heteroatoms. The molecule has 0 fully saturated rings. The molecule has 0 aliphatic rings. The Labute approximate surface area is 113 Å². The molecule has 4 nitrogen and oxygen atoms in total. The number of carbonyl (C=O) groups excluding carboxylic acids is 1.